The van der Waals surface area contributed by atoms with Crippen LogP contribution in [0.4, 0.5) is 29.2 Å². The monoisotopic (exact) mass is 618 g/mol. The maximum atomic E-state index is 14.9. The van der Waals surface area contributed by atoms with Crippen LogP contribution >= 0.6 is 0 Å². The van der Waals surface area contributed by atoms with E-state index in [1.807, 2.05) is 4.72 Å². The first-order chi connectivity index (χ1) is 20.4. The molecule has 1 aliphatic rings. The van der Waals surface area contributed by atoms with Gasteiger partial charge in [-0.05, 0) is 62.2 Å². The van der Waals surface area contributed by atoms with E-state index in [9.17, 15) is 26.0 Å². The smallest absolute Gasteiger partial charge is 0.392 e. The van der Waals surface area contributed by atoms with E-state index in [2.05, 4.69) is 25.6 Å². The van der Waals surface area contributed by atoms with Crippen molar-refractivity contribution in [3.8, 4) is 22.9 Å². The number of alkyl halides is 3. The van der Waals surface area contributed by atoms with E-state index in [-0.39, 0.29) is 23.1 Å². The molecule has 4 aromatic rings. The number of aromatic nitrogens is 3. The van der Waals surface area contributed by atoms with Crippen molar-refractivity contribution in [2.75, 3.05) is 28.9 Å². The number of hydrogen-bond donors (Lipinski definition) is 3. The number of pyridine rings is 1. The zero-order valence-electron chi connectivity index (χ0n) is 23.4. The molecule has 0 aliphatic carbocycles. The summed E-state index contributed by atoms with van der Waals surface area (Å²) in [5, 5.41) is 7.12. The molecule has 1 fully saturated rings. The predicted octanol–water partition coefficient (Wildman–Crippen LogP) is 6.04. The third-order valence-corrected chi connectivity index (χ3v) is 8.57. The Labute approximate surface area is 246 Å². The molecule has 2 aromatic heterocycles. The Bertz CT molecular complexity index is 1730. The molecule has 2 aromatic carbocycles. The number of piperidine rings is 1. The van der Waals surface area contributed by atoms with Gasteiger partial charge in [0.1, 0.15) is 11.6 Å². The second-order valence-corrected chi connectivity index (χ2v) is 12.2. The fourth-order valence-electron chi connectivity index (χ4n) is 4.82. The molecule has 0 spiro atoms. The van der Waals surface area contributed by atoms with Gasteiger partial charge < -0.3 is 15.4 Å². The van der Waals surface area contributed by atoms with Crippen LogP contribution in [-0.4, -0.2) is 54.4 Å². The van der Waals surface area contributed by atoms with E-state index in [0.717, 1.165) is 38.9 Å². The van der Waals surface area contributed by atoms with Gasteiger partial charge in [-0.3, -0.25) is 4.72 Å². The molecule has 43 heavy (non-hydrogen) atoms. The lowest BCUT2D eigenvalue weighted by Crippen LogP contribution is -2.38. The van der Waals surface area contributed by atoms with Crippen LogP contribution in [0.2, 0.25) is 0 Å². The lowest BCUT2D eigenvalue weighted by atomic mass is 10.0. The van der Waals surface area contributed by atoms with Crippen LogP contribution in [-0.2, 0) is 10.0 Å². The maximum Gasteiger partial charge on any atom is 0.392 e. The van der Waals surface area contributed by atoms with Gasteiger partial charge in [-0.1, -0.05) is 19.1 Å². The molecule has 1 saturated heterocycles. The van der Waals surface area contributed by atoms with Gasteiger partial charge in [0, 0.05) is 35.8 Å². The Hall–Kier alpha value is -4.04. The Morgan fingerprint density at radius 2 is 1.88 bits per heavy atom. The van der Waals surface area contributed by atoms with E-state index >= 15 is 0 Å². The molecule has 0 unspecified atom stereocenters. The fourth-order valence-corrected chi connectivity index (χ4v) is 6.27. The molecule has 14 heteroatoms. The average molecular weight is 619 g/mol. The van der Waals surface area contributed by atoms with Crippen LogP contribution in [0, 0.1) is 18.7 Å². The first-order valence-electron chi connectivity index (χ1n) is 13.6. The third-order valence-electron chi connectivity index (χ3n) is 7.11. The van der Waals surface area contributed by atoms with Crippen LogP contribution < -0.4 is 20.1 Å². The van der Waals surface area contributed by atoms with Gasteiger partial charge in [0.2, 0.25) is 21.9 Å². The molecule has 0 radical (unpaired) electrons. The number of anilines is 2. The van der Waals surface area contributed by atoms with E-state index in [1.165, 1.54) is 18.3 Å². The largest absolute Gasteiger partial charge is 0.437 e. The lowest BCUT2D eigenvalue weighted by Gasteiger charge is -2.23. The molecule has 0 bridgehead atoms. The first-order valence-corrected chi connectivity index (χ1v) is 15.3. The topological polar surface area (TPSA) is 118 Å². The number of fused-ring (bicyclic) bond motifs is 1. The molecule has 0 saturated carbocycles. The lowest BCUT2D eigenvalue weighted by molar-refractivity contribution is -0.163. The minimum atomic E-state index is -4.72. The summed E-state index contributed by atoms with van der Waals surface area (Å²) in [4.78, 5) is 13.4. The highest BCUT2D eigenvalue weighted by Crippen LogP contribution is 2.40. The van der Waals surface area contributed by atoms with Gasteiger partial charge in [0.15, 0.2) is 0 Å². The van der Waals surface area contributed by atoms with Gasteiger partial charge in [-0.2, -0.15) is 13.2 Å². The Balaban J connectivity index is 1.48. The molecule has 228 valence electrons. The summed E-state index contributed by atoms with van der Waals surface area (Å²) < 4.78 is 87.6. The normalized spacial score (nSPS) is 16.6. The molecule has 2 atom stereocenters. The average Bonchev–Trinajstić information content (AvgIpc) is 2.96. The number of ether oxygens (including phenoxy) is 1. The summed E-state index contributed by atoms with van der Waals surface area (Å²) in [6, 6.07) is 10.9. The van der Waals surface area contributed by atoms with Crippen molar-refractivity contribution in [3.63, 3.8) is 0 Å². The summed E-state index contributed by atoms with van der Waals surface area (Å²) >= 11 is 0. The summed E-state index contributed by atoms with van der Waals surface area (Å²) in [7, 11) is -4.56. The van der Waals surface area contributed by atoms with E-state index in [4.69, 9.17) is 4.74 Å². The van der Waals surface area contributed by atoms with Crippen molar-refractivity contribution in [1.82, 2.24) is 20.3 Å². The van der Waals surface area contributed by atoms with Crippen molar-refractivity contribution in [3.05, 3.63) is 66.2 Å². The quantitative estimate of drug-likeness (QED) is 0.195. The number of benzene rings is 2. The predicted molar refractivity (Wildman–Crippen MR) is 156 cm³/mol. The van der Waals surface area contributed by atoms with Gasteiger partial charge >= 0.3 is 6.18 Å². The Morgan fingerprint density at radius 3 is 2.63 bits per heavy atom. The molecular formula is C29H30F4N6O3S. The highest BCUT2D eigenvalue weighted by atomic mass is 32.2. The van der Waals surface area contributed by atoms with Gasteiger partial charge in [-0.15, -0.1) is 0 Å². The molecular weight excluding hydrogens is 588 g/mol. The molecule has 1 aliphatic heterocycles. The number of hydrogen-bond acceptors (Lipinski definition) is 8. The Morgan fingerprint density at radius 1 is 1.09 bits per heavy atom. The standard InChI is InChI=1S/C29H30F4N6O3S/c1-17-7-8-20-21(9-10-23(30)25(20)39-43(40,41)16-18(2)29(31,32)33)26(17)42-27-22(6-4-13-35-27)24-11-14-36-28(38-24)37-19-5-3-12-34-15-19/h4,6-11,13-14,18-19,34,39H,3,5,12,15-16H2,1-2H3,(H,36,37,38)/t18-,19-/m0/s1. The number of halogens is 4. The van der Waals surface area contributed by atoms with Crippen LogP contribution in [0.3, 0.4) is 0 Å². The molecule has 3 heterocycles. The summed E-state index contributed by atoms with van der Waals surface area (Å²) in [6.45, 7) is 4.28. The number of sulfonamides is 1. The highest BCUT2D eigenvalue weighted by Gasteiger charge is 2.39. The minimum absolute atomic E-state index is 0.107. The van der Waals surface area contributed by atoms with Crippen LogP contribution in [0.1, 0.15) is 25.3 Å². The highest BCUT2D eigenvalue weighted by molar-refractivity contribution is 7.92. The fraction of sp³-hybridized carbons (Fsp3) is 0.345. The summed E-state index contributed by atoms with van der Waals surface area (Å²) in [5.41, 5.74) is 1.25. The SMILES string of the molecule is Cc1ccc2c(NS(=O)(=O)C[C@H](C)C(F)(F)F)c(F)ccc2c1Oc1ncccc1-c1ccnc(N[C@H]2CCCNC2)n1. The van der Waals surface area contributed by atoms with Crippen LogP contribution in [0.5, 0.6) is 11.6 Å². The van der Waals surface area contributed by atoms with E-state index in [0.29, 0.717) is 28.2 Å². The molecule has 0 amide bonds. The van der Waals surface area contributed by atoms with Crippen molar-refractivity contribution in [1.29, 1.82) is 0 Å². The van der Waals surface area contributed by atoms with Crippen molar-refractivity contribution in [2.24, 2.45) is 5.92 Å². The Kier molecular flexibility index (Phi) is 8.69. The van der Waals surface area contributed by atoms with Gasteiger partial charge in [0.25, 0.3) is 0 Å². The third kappa shape index (κ3) is 7.13. The van der Waals surface area contributed by atoms with Crippen LogP contribution in [0.25, 0.3) is 22.0 Å². The molecule has 3 N–H and O–H groups in total. The minimum Gasteiger partial charge on any atom is -0.437 e. The van der Waals surface area contributed by atoms with Crippen molar-refractivity contribution in [2.45, 2.75) is 38.9 Å². The van der Waals surface area contributed by atoms with E-state index < -0.39 is 39.4 Å². The van der Waals surface area contributed by atoms with Gasteiger partial charge in [-0.25, -0.2) is 27.8 Å². The number of nitrogens with zero attached hydrogens (tertiary/aromatic N) is 3. The van der Waals surface area contributed by atoms with E-state index in [1.54, 1.807) is 37.4 Å². The zero-order valence-corrected chi connectivity index (χ0v) is 24.2. The number of aryl methyl sites for hydroxylation is 1. The van der Waals surface area contributed by atoms with Gasteiger partial charge in [0.05, 0.1) is 28.6 Å². The molecule has 9 nitrogen and oxygen atoms in total. The first kappa shape index (κ1) is 30.4. The molecule has 5 rings (SSSR count). The van der Waals surface area contributed by atoms with Crippen molar-refractivity contribution >= 4 is 32.4 Å². The number of rotatable bonds is 9. The zero-order chi connectivity index (χ0) is 30.8. The second-order valence-electron chi connectivity index (χ2n) is 10.5. The number of nitrogens with one attached hydrogen (secondary N) is 3. The summed E-state index contributed by atoms with van der Waals surface area (Å²) in [6.07, 6.45) is 0.471. The second kappa shape index (κ2) is 12.3. The van der Waals surface area contributed by atoms with Crippen molar-refractivity contribution < 1.29 is 30.7 Å². The maximum absolute atomic E-state index is 14.9. The van der Waals surface area contributed by atoms with Crippen LogP contribution in [0.15, 0.2) is 54.9 Å². The summed E-state index contributed by atoms with van der Waals surface area (Å²) in [5.74, 6) is -3.45.